The van der Waals surface area contributed by atoms with Crippen molar-refractivity contribution in [1.82, 2.24) is 9.80 Å². The third-order valence-corrected chi connectivity index (χ3v) is 3.82. The second kappa shape index (κ2) is 7.90. The fourth-order valence-electron chi connectivity index (χ4n) is 2.56. The molecule has 1 atom stereocenters. The molecule has 0 amide bonds. The van der Waals surface area contributed by atoms with Crippen LogP contribution in [0.1, 0.15) is 11.6 Å². The van der Waals surface area contributed by atoms with Gasteiger partial charge in [-0.05, 0) is 12.6 Å². The van der Waals surface area contributed by atoms with Crippen LogP contribution in [-0.2, 0) is 4.74 Å². The Morgan fingerprint density at radius 1 is 1.21 bits per heavy atom. The maximum Gasteiger partial charge on any atom is 0.0594 e. The topological polar surface area (TPSA) is 15.7 Å². The first kappa shape index (κ1) is 14.9. The molecule has 0 N–H and O–H groups in total. The number of ether oxygens (including phenoxy) is 1. The van der Waals surface area contributed by atoms with Gasteiger partial charge in [0.1, 0.15) is 0 Å². The number of thiol groups is 1. The van der Waals surface area contributed by atoms with Crippen molar-refractivity contribution in [3.63, 3.8) is 0 Å². The van der Waals surface area contributed by atoms with Crippen molar-refractivity contribution in [2.45, 2.75) is 6.04 Å². The fraction of sp³-hybridized carbons (Fsp3) is 0.600. The number of nitrogens with zero attached hydrogens (tertiary/aromatic N) is 2. The zero-order valence-electron chi connectivity index (χ0n) is 11.7. The van der Waals surface area contributed by atoms with Crippen molar-refractivity contribution in [2.24, 2.45) is 0 Å². The van der Waals surface area contributed by atoms with Gasteiger partial charge in [0.25, 0.3) is 0 Å². The Bertz CT molecular complexity index is 360. The monoisotopic (exact) mass is 280 g/mol. The van der Waals surface area contributed by atoms with Crippen molar-refractivity contribution in [3.05, 3.63) is 35.9 Å². The molecule has 1 saturated heterocycles. The van der Waals surface area contributed by atoms with Gasteiger partial charge in [-0.1, -0.05) is 30.3 Å². The predicted octanol–water partition coefficient (Wildman–Crippen LogP) is 1.92. The molecule has 4 heteroatoms. The van der Waals surface area contributed by atoms with Gasteiger partial charge in [0.2, 0.25) is 0 Å². The van der Waals surface area contributed by atoms with E-state index in [0.29, 0.717) is 6.04 Å². The van der Waals surface area contributed by atoms with E-state index < -0.39 is 0 Å². The van der Waals surface area contributed by atoms with E-state index in [9.17, 15) is 0 Å². The molecule has 3 nitrogen and oxygen atoms in total. The molecule has 1 aliphatic heterocycles. The van der Waals surface area contributed by atoms with Crippen LogP contribution >= 0.6 is 12.6 Å². The molecule has 1 fully saturated rings. The highest BCUT2D eigenvalue weighted by molar-refractivity contribution is 7.80. The van der Waals surface area contributed by atoms with E-state index in [0.717, 1.165) is 45.1 Å². The van der Waals surface area contributed by atoms with Crippen molar-refractivity contribution in [1.29, 1.82) is 0 Å². The minimum absolute atomic E-state index is 0.486. The lowest BCUT2D eigenvalue weighted by Crippen LogP contribution is -2.47. The molecule has 0 bridgehead atoms. The lowest BCUT2D eigenvalue weighted by molar-refractivity contribution is 0.0518. The van der Waals surface area contributed by atoms with Gasteiger partial charge in [-0.15, -0.1) is 0 Å². The second-order valence-electron chi connectivity index (χ2n) is 5.06. The second-order valence-corrected chi connectivity index (χ2v) is 5.51. The third-order valence-electron chi connectivity index (χ3n) is 3.64. The number of rotatable bonds is 6. The summed E-state index contributed by atoms with van der Waals surface area (Å²) in [5.74, 6) is 0.796. The van der Waals surface area contributed by atoms with Crippen molar-refractivity contribution >= 4 is 12.6 Å². The summed E-state index contributed by atoms with van der Waals surface area (Å²) >= 11 is 4.16. The van der Waals surface area contributed by atoms with Crippen LogP contribution in [0.25, 0.3) is 0 Å². The van der Waals surface area contributed by atoms with Crippen LogP contribution in [0.15, 0.2) is 30.3 Å². The average molecular weight is 280 g/mol. The first-order valence-corrected chi connectivity index (χ1v) is 7.60. The van der Waals surface area contributed by atoms with E-state index in [1.807, 2.05) is 0 Å². The van der Waals surface area contributed by atoms with Gasteiger partial charge < -0.3 is 9.64 Å². The van der Waals surface area contributed by atoms with Crippen molar-refractivity contribution in [3.8, 4) is 0 Å². The van der Waals surface area contributed by atoms with Crippen LogP contribution in [-0.4, -0.2) is 62.0 Å². The Kier molecular flexibility index (Phi) is 6.17. The fourth-order valence-corrected chi connectivity index (χ4v) is 2.69. The summed E-state index contributed by atoms with van der Waals surface area (Å²) in [7, 11) is 2.20. The van der Waals surface area contributed by atoms with Crippen LogP contribution < -0.4 is 0 Å². The van der Waals surface area contributed by atoms with Crippen LogP contribution in [0.3, 0.4) is 0 Å². The number of benzene rings is 1. The Morgan fingerprint density at radius 3 is 2.74 bits per heavy atom. The standard InChI is InChI=1S/C15H24N2OS/c1-16-7-8-17(9-10-18-11-12-19)15(13-16)14-5-3-2-4-6-14/h2-6,15,19H,7-13H2,1H3. The predicted molar refractivity (Wildman–Crippen MR) is 82.9 cm³/mol. The smallest absolute Gasteiger partial charge is 0.0594 e. The molecule has 106 valence electrons. The molecule has 2 rings (SSSR count). The van der Waals surface area contributed by atoms with E-state index >= 15 is 0 Å². The first-order chi connectivity index (χ1) is 9.31. The molecule has 1 heterocycles. The van der Waals surface area contributed by atoms with Gasteiger partial charge in [-0.25, -0.2) is 0 Å². The summed E-state index contributed by atoms with van der Waals surface area (Å²) in [5.41, 5.74) is 1.41. The summed E-state index contributed by atoms with van der Waals surface area (Å²) < 4.78 is 5.56. The molecule has 0 spiro atoms. The quantitative estimate of drug-likeness (QED) is 0.633. The Balaban J connectivity index is 1.95. The lowest BCUT2D eigenvalue weighted by Gasteiger charge is -2.40. The Hall–Kier alpha value is -0.550. The van der Waals surface area contributed by atoms with E-state index in [1.165, 1.54) is 5.56 Å². The zero-order chi connectivity index (χ0) is 13.5. The normalized spacial score (nSPS) is 21.7. The highest BCUT2D eigenvalue weighted by Crippen LogP contribution is 2.24. The number of hydrogen-bond acceptors (Lipinski definition) is 4. The summed E-state index contributed by atoms with van der Waals surface area (Å²) in [6.45, 7) is 5.88. The average Bonchev–Trinajstić information content (AvgIpc) is 2.46. The summed E-state index contributed by atoms with van der Waals surface area (Å²) in [6.07, 6.45) is 0. The molecular formula is C15H24N2OS. The van der Waals surface area contributed by atoms with Gasteiger partial charge in [0.05, 0.1) is 13.2 Å². The van der Waals surface area contributed by atoms with Crippen molar-refractivity contribution in [2.75, 3.05) is 52.2 Å². The molecule has 19 heavy (non-hydrogen) atoms. The van der Waals surface area contributed by atoms with Gasteiger partial charge in [0, 0.05) is 38.0 Å². The molecule has 1 aromatic rings. The van der Waals surface area contributed by atoms with E-state index in [-0.39, 0.29) is 0 Å². The SMILES string of the molecule is CN1CCN(CCOCCS)C(c2ccccc2)C1. The molecule has 0 aromatic heterocycles. The summed E-state index contributed by atoms with van der Waals surface area (Å²) in [4.78, 5) is 4.94. The Labute approximate surface area is 121 Å². The number of likely N-dealkylation sites (N-methyl/N-ethyl adjacent to an activating group) is 1. The molecule has 0 aliphatic carbocycles. The van der Waals surface area contributed by atoms with Crippen LogP contribution in [0, 0.1) is 0 Å². The van der Waals surface area contributed by atoms with Crippen molar-refractivity contribution < 1.29 is 4.74 Å². The molecule has 1 unspecified atom stereocenters. The highest BCUT2D eigenvalue weighted by atomic mass is 32.1. The zero-order valence-corrected chi connectivity index (χ0v) is 12.6. The Morgan fingerprint density at radius 2 is 2.00 bits per heavy atom. The van der Waals surface area contributed by atoms with Gasteiger partial charge in [-0.2, -0.15) is 12.6 Å². The van der Waals surface area contributed by atoms with Gasteiger partial charge in [-0.3, -0.25) is 4.90 Å². The number of hydrogen-bond donors (Lipinski definition) is 1. The van der Waals surface area contributed by atoms with E-state index in [2.05, 4.69) is 59.8 Å². The molecule has 1 aromatic carbocycles. The lowest BCUT2D eigenvalue weighted by atomic mass is 10.0. The molecule has 1 aliphatic rings. The van der Waals surface area contributed by atoms with E-state index in [1.54, 1.807) is 0 Å². The van der Waals surface area contributed by atoms with Gasteiger partial charge >= 0.3 is 0 Å². The number of piperazine rings is 1. The molecule has 0 saturated carbocycles. The van der Waals surface area contributed by atoms with E-state index in [4.69, 9.17) is 4.74 Å². The summed E-state index contributed by atoms with van der Waals surface area (Å²) in [6, 6.07) is 11.3. The minimum Gasteiger partial charge on any atom is -0.379 e. The van der Waals surface area contributed by atoms with Crippen LogP contribution in [0.5, 0.6) is 0 Å². The maximum atomic E-state index is 5.56. The minimum atomic E-state index is 0.486. The first-order valence-electron chi connectivity index (χ1n) is 6.97. The molecular weight excluding hydrogens is 256 g/mol. The van der Waals surface area contributed by atoms with Crippen LogP contribution in [0.4, 0.5) is 0 Å². The summed E-state index contributed by atoms with van der Waals surface area (Å²) in [5, 5.41) is 0. The largest absolute Gasteiger partial charge is 0.379 e. The van der Waals surface area contributed by atoms with Gasteiger partial charge in [0.15, 0.2) is 0 Å². The highest BCUT2D eigenvalue weighted by Gasteiger charge is 2.25. The van der Waals surface area contributed by atoms with Crippen LogP contribution in [0.2, 0.25) is 0 Å². The third kappa shape index (κ3) is 4.49. The maximum absolute atomic E-state index is 5.56. The molecule has 0 radical (unpaired) electrons.